The van der Waals surface area contributed by atoms with Crippen molar-refractivity contribution in [1.29, 1.82) is 0 Å². The van der Waals surface area contributed by atoms with Crippen molar-refractivity contribution in [1.82, 2.24) is 0 Å². The SMILES string of the molecule is C=CCOC(C)(C)CCOC(C)(C)CCBr. The molecule has 0 aliphatic heterocycles. The number of hydrogen-bond donors (Lipinski definition) is 0. The highest BCUT2D eigenvalue weighted by Crippen LogP contribution is 2.19. The minimum Gasteiger partial charge on any atom is -0.375 e. The molecule has 0 radical (unpaired) electrons. The first-order valence-corrected chi connectivity index (χ1v) is 6.90. The zero-order valence-electron chi connectivity index (χ0n) is 11.0. The third-order valence-corrected chi connectivity index (χ3v) is 2.88. The molecule has 0 aromatic carbocycles. The molecular formula is C13H25BrO2. The van der Waals surface area contributed by atoms with Crippen molar-refractivity contribution < 1.29 is 9.47 Å². The summed E-state index contributed by atoms with van der Waals surface area (Å²) in [5.74, 6) is 0. The smallest absolute Gasteiger partial charge is 0.0652 e. The van der Waals surface area contributed by atoms with E-state index in [0.29, 0.717) is 6.61 Å². The average Bonchev–Trinajstić information content (AvgIpc) is 2.14. The summed E-state index contributed by atoms with van der Waals surface area (Å²) in [6.07, 6.45) is 3.69. The van der Waals surface area contributed by atoms with Crippen LogP contribution in [0.2, 0.25) is 0 Å². The van der Waals surface area contributed by atoms with Crippen molar-refractivity contribution in [2.45, 2.75) is 51.7 Å². The van der Waals surface area contributed by atoms with Crippen LogP contribution in [0.5, 0.6) is 0 Å². The van der Waals surface area contributed by atoms with Crippen LogP contribution in [0.1, 0.15) is 40.5 Å². The van der Waals surface area contributed by atoms with Crippen LogP contribution in [-0.4, -0.2) is 29.7 Å². The van der Waals surface area contributed by atoms with Crippen molar-refractivity contribution >= 4 is 15.9 Å². The Morgan fingerprint density at radius 2 is 1.62 bits per heavy atom. The highest BCUT2D eigenvalue weighted by Gasteiger charge is 2.21. The first-order chi connectivity index (χ1) is 7.33. The molecular weight excluding hydrogens is 268 g/mol. The van der Waals surface area contributed by atoms with Crippen LogP contribution in [0, 0.1) is 0 Å². The van der Waals surface area contributed by atoms with Gasteiger partial charge in [-0.2, -0.15) is 0 Å². The Balaban J connectivity index is 3.82. The van der Waals surface area contributed by atoms with E-state index in [2.05, 4.69) is 50.2 Å². The molecule has 0 aliphatic rings. The van der Waals surface area contributed by atoms with Gasteiger partial charge in [0.15, 0.2) is 0 Å². The van der Waals surface area contributed by atoms with Gasteiger partial charge in [0.2, 0.25) is 0 Å². The van der Waals surface area contributed by atoms with E-state index in [1.54, 1.807) is 6.08 Å². The second kappa shape index (κ2) is 7.46. The Kier molecular flexibility index (Phi) is 7.53. The zero-order valence-corrected chi connectivity index (χ0v) is 12.6. The highest BCUT2D eigenvalue weighted by atomic mass is 79.9. The molecule has 0 heterocycles. The lowest BCUT2D eigenvalue weighted by atomic mass is 10.0. The molecule has 0 spiro atoms. The molecule has 0 amide bonds. The molecule has 2 nitrogen and oxygen atoms in total. The van der Waals surface area contributed by atoms with Crippen molar-refractivity contribution in [3.63, 3.8) is 0 Å². The van der Waals surface area contributed by atoms with Crippen LogP contribution in [0.15, 0.2) is 12.7 Å². The lowest BCUT2D eigenvalue weighted by Crippen LogP contribution is -2.31. The first-order valence-electron chi connectivity index (χ1n) is 5.78. The fourth-order valence-corrected chi connectivity index (χ4v) is 2.18. The molecule has 0 aliphatic carbocycles. The van der Waals surface area contributed by atoms with Crippen LogP contribution in [-0.2, 0) is 9.47 Å². The van der Waals surface area contributed by atoms with Gasteiger partial charge in [0, 0.05) is 5.33 Å². The standard InChI is InChI=1S/C13H25BrO2/c1-6-10-15-13(4,5)8-11-16-12(2,3)7-9-14/h6H,1,7-11H2,2-5H3. The Morgan fingerprint density at radius 1 is 1.06 bits per heavy atom. The van der Waals surface area contributed by atoms with Gasteiger partial charge >= 0.3 is 0 Å². The normalized spacial score (nSPS) is 12.8. The van der Waals surface area contributed by atoms with E-state index in [1.165, 1.54) is 0 Å². The van der Waals surface area contributed by atoms with Gasteiger partial charge in [-0.15, -0.1) is 6.58 Å². The van der Waals surface area contributed by atoms with Crippen molar-refractivity contribution in [2.75, 3.05) is 18.5 Å². The number of halogens is 1. The Labute approximate surface area is 109 Å². The van der Waals surface area contributed by atoms with Gasteiger partial charge < -0.3 is 9.47 Å². The molecule has 0 aromatic heterocycles. The van der Waals surface area contributed by atoms with E-state index < -0.39 is 0 Å². The molecule has 0 rings (SSSR count). The molecule has 0 atom stereocenters. The van der Waals surface area contributed by atoms with Gasteiger partial charge in [0.25, 0.3) is 0 Å². The first kappa shape index (κ1) is 16.1. The van der Waals surface area contributed by atoms with Crippen LogP contribution >= 0.6 is 15.9 Å². The van der Waals surface area contributed by atoms with Crippen LogP contribution in [0.25, 0.3) is 0 Å². The summed E-state index contributed by atoms with van der Waals surface area (Å²) in [6, 6.07) is 0. The van der Waals surface area contributed by atoms with Crippen LogP contribution in [0.4, 0.5) is 0 Å². The molecule has 0 fully saturated rings. The Bertz CT molecular complexity index is 200. The summed E-state index contributed by atoms with van der Waals surface area (Å²) in [6.45, 7) is 13.4. The third kappa shape index (κ3) is 8.31. The minimum absolute atomic E-state index is 0.0575. The maximum Gasteiger partial charge on any atom is 0.0652 e. The summed E-state index contributed by atoms with van der Waals surface area (Å²) < 4.78 is 11.5. The lowest BCUT2D eigenvalue weighted by molar-refractivity contribution is -0.0660. The lowest BCUT2D eigenvalue weighted by Gasteiger charge is -2.29. The predicted molar refractivity (Wildman–Crippen MR) is 73.3 cm³/mol. The van der Waals surface area contributed by atoms with Gasteiger partial charge in [0.05, 0.1) is 24.4 Å². The van der Waals surface area contributed by atoms with Gasteiger partial charge in [-0.3, -0.25) is 0 Å². The molecule has 0 bridgehead atoms. The molecule has 0 saturated heterocycles. The largest absolute Gasteiger partial charge is 0.375 e. The van der Waals surface area contributed by atoms with E-state index in [4.69, 9.17) is 9.47 Å². The number of alkyl halides is 1. The number of ether oxygens (including phenoxy) is 2. The second-order valence-corrected chi connectivity index (χ2v) is 5.95. The Morgan fingerprint density at radius 3 is 2.12 bits per heavy atom. The fraction of sp³-hybridized carbons (Fsp3) is 0.846. The quantitative estimate of drug-likeness (QED) is 0.473. The molecule has 16 heavy (non-hydrogen) atoms. The molecule has 0 aromatic rings. The molecule has 0 N–H and O–H groups in total. The van der Waals surface area contributed by atoms with E-state index in [1.807, 2.05) is 0 Å². The number of hydrogen-bond acceptors (Lipinski definition) is 2. The van der Waals surface area contributed by atoms with Gasteiger partial charge in [-0.1, -0.05) is 22.0 Å². The second-order valence-electron chi connectivity index (χ2n) is 5.16. The van der Waals surface area contributed by atoms with Crippen LogP contribution in [0.3, 0.4) is 0 Å². The maximum absolute atomic E-state index is 5.85. The van der Waals surface area contributed by atoms with Crippen molar-refractivity contribution in [2.24, 2.45) is 0 Å². The predicted octanol–water partition coefficient (Wildman–Crippen LogP) is 3.94. The summed E-state index contributed by atoms with van der Waals surface area (Å²) >= 11 is 3.44. The maximum atomic E-state index is 5.85. The van der Waals surface area contributed by atoms with Gasteiger partial charge in [-0.05, 0) is 40.5 Å². The molecule has 0 unspecified atom stereocenters. The Hall–Kier alpha value is 0.140. The molecule has 96 valence electrons. The van der Waals surface area contributed by atoms with E-state index in [-0.39, 0.29) is 11.2 Å². The summed E-state index contributed by atoms with van der Waals surface area (Å²) in [5, 5.41) is 0.969. The zero-order chi connectivity index (χ0) is 12.7. The van der Waals surface area contributed by atoms with E-state index >= 15 is 0 Å². The average molecular weight is 293 g/mol. The third-order valence-electron chi connectivity index (χ3n) is 2.49. The number of rotatable bonds is 9. The summed E-state index contributed by atoms with van der Waals surface area (Å²) in [5.41, 5.74) is -0.198. The molecule has 0 saturated carbocycles. The van der Waals surface area contributed by atoms with E-state index in [0.717, 1.165) is 24.8 Å². The summed E-state index contributed by atoms with van der Waals surface area (Å²) in [7, 11) is 0. The highest BCUT2D eigenvalue weighted by molar-refractivity contribution is 9.09. The fourth-order valence-electron chi connectivity index (χ4n) is 1.23. The van der Waals surface area contributed by atoms with Gasteiger partial charge in [-0.25, -0.2) is 0 Å². The van der Waals surface area contributed by atoms with Crippen molar-refractivity contribution in [3.05, 3.63) is 12.7 Å². The minimum atomic E-state index is -0.140. The van der Waals surface area contributed by atoms with E-state index in [9.17, 15) is 0 Å². The topological polar surface area (TPSA) is 18.5 Å². The summed E-state index contributed by atoms with van der Waals surface area (Å²) in [4.78, 5) is 0. The monoisotopic (exact) mass is 292 g/mol. The van der Waals surface area contributed by atoms with Crippen LogP contribution < -0.4 is 0 Å². The van der Waals surface area contributed by atoms with Crippen molar-refractivity contribution in [3.8, 4) is 0 Å². The van der Waals surface area contributed by atoms with Gasteiger partial charge in [0.1, 0.15) is 0 Å². The molecule has 3 heteroatoms.